The number of benzene rings is 2. The Labute approximate surface area is 540 Å². The monoisotopic (exact) mass is 1320 g/mol. The van der Waals surface area contributed by atoms with Gasteiger partial charge in [0, 0.05) is 74.8 Å². The molecule has 4 heterocycles. The highest BCUT2D eigenvalue weighted by molar-refractivity contribution is 5.89. The van der Waals surface area contributed by atoms with Gasteiger partial charge in [-0.05, 0) is 106 Å². The Morgan fingerprint density at radius 3 is 1.08 bits per heavy atom. The number of carbonyl (C=O) groups is 2. The molecule has 528 valence electrons. The molecule has 4 saturated heterocycles. The van der Waals surface area contributed by atoms with Crippen molar-refractivity contribution in [2.24, 2.45) is 57.3 Å². The first-order valence-electron chi connectivity index (χ1n) is 32.3. The second kappa shape index (κ2) is 35.4. The summed E-state index contributed by atoms with van der Waals surface area (Å²) in [5.74, 6) is 0. The van der Waals surface area contributed by atoms with Crippen LogP contribution in [0.1, 0.15) is 62.5 Å². The third-order valence-electron chi connectivity index (χ3n) is 18.1. The van der Waals surface area contributed by atoms with Crippen molar-refractivity contribution in [2.75, 3.05) is 63.0 Å². The maximum absolute atomic E-state index is 12.7. The Bertz CT molecular complexity index is 2410. The van der Waals surface area contributed by atoms with Crippen molar-refractivity contribution in [3.63, 3.8) is 0 Å². The van der Waals surface area contributed by atoms with Crippen LogP contribution in [0.15, 0.2) is 48.5 Å². The van der Waals surface area contributed by atoms with Crippen molar-refractivity contribution >= 4 is 23.4 Å². The minimum absolute atomic E-state index is 0.0221. The van der Waals surface area contributed by atoms with Crippen LogP contribution in [0.5, 0.6) is 0 Å². The summed E-state index contributed by atoms with van der Waals surface area (Å²) in [5.41, 5.74) is 65.0. The van der Waals surface area contributed by atoms with Crippen molar-refractivity contribution < 1.29 is 88.3 Å². The predicted molar refractivity (Wildman–Crippen MR) is 337 cm³/mol. The average molecular weight is 1330 g/mol. The highest BCUT2D eigenvalue weighted by Gasteiger charge is 2.53. The van der Waals surface area contributed by atoms with Crippen LogP contribution in [-0.2, 0) is 44.3 Å². The van der Waals surface area contributed by atoms with Crippen molar-refractivity contribution in [3.05, 3.63) is 59.7 Å². The summed E-state index contributed by atoms with van der Waals surface area (Å²) in [7, 11) is 0. The Balaban J connectivity index is 0.662. The number of amides is 4. The summed E-state index contributed by atoms with van der Waals surface area (Å²) in [6.45, 7) is 2.09. The van der Waals surface area contributed by atoms with Crippen LogP contribution >= 0.6 is 0 Å². The number of carbonyl (C=O) groups excluding carboxylic acids is 2. The van der Waals surface area contributed by atoms with Crippen molar-refractivity contribution in [1.82, 2.24) is 21.3 Å². The lowest BCUT2D eigenvalue weighted by Gasteiger charge is -2.48. The molecular formula is C59H104N16O18. The number of ether oxygens (including phenoxy) is 8. The molecular weight excluding hydrogens is 1220 g/mol. The quantitative estimate of drug-likeness (QED) is 0.0352. The second-order valence-corrected chi connectivity index (χ2v) is 25.4. The Hall–Kier alpha value is -4.14. The maximum Gasteiger partial charge on any atom is 0.319 e. The van der Waals surface area contributed by atoms with Crippen LogP contribution in [0.3, 0.4) is 0 Å². The summed E-state index contributed by atoms with van der Waals surface area (Å²) in [5, 5.41) is 105. The number of hydrogen-bond donors (Lipinski definition) is 24. The largest absolute Gasteiger partial charge is 0.390 e. The smallest absolute Gasteiger partial charge is 0.319 e. The standard InChI is InChI=1S/C59H104N16O18/c60-22-38-36(76)20-34(66)54(86-38)90-50-30(62)18-32(64)52(48(50)82)92-56-46(80)42(68)44(78)40(88-56)24-70-13-1-3-15-72-58(84)74-28-9-5-26(6-10-28)17-27-7-11-29(12-8-27)75-59(85)73-16-4-2-14-71-25-41-45(79)43(69)47(81)57(89-41)93-53-33(65)19-31(63)51(49(53)83)91-55-35(67)21-37(77)39(23-61)87-55/h5-12,30-57,70-71,76-83H,1-4,13-25,60-69H2,(H2,72,74,84)(H2,73,75,85). The predicted octanol–water partition coefficient (Wildman–Crippen LogP) is -8.29. The summed E-state index contributed by atoms with van der Waals surface area (Å²) < 4.78 is 47.8. The maximum atomic E-state index is 12.7. The van der Waals surface area contributed by atoms with Gasteiger partial charge in [0.1, 0.15) is 61.0 Å². The number of aliphatic hydroxyl groups is 8. The van der Waals surface area contributed by atoms with E-state index in [0.29, 0.717) is 69.7 Å². The van der Waals surface area contributed by atoms with Gasteiger partial charge in [-0.25, -0.2) is 9.59 Å². The zero-order chi connectivity index (χ0) is 67.2. The molecule has 34 nitrogen and oxygen atoms in total. The fourth-order valence-electron chi connectivity index (χ4n) is 12.5. The number of nitrogens with one attached hydrogen (secondary N) is 6. The number of hydrogen-bond acceptors (Lipinski definition) is 30. The molecule has 28 unspecified atom stereocenters. The lowest BCUT2D eigenvalue weighted by molar-refractivity contribution is -0.311. The fourth-order valence-corrected chi connectivity index (χ4v) is 12.5. The van der Waals surface area contributed by atoms with E-state index in [9.17, 15) is 50.4 Å². The minimum atomic E-state index is -1.47. The summed E-state index contributed by atoms with van der Waals surface area (Å²) in [6, 6.07) is 7.33. The van der Waals surface area contributed by atoms with E-state index >= 15 is 0 Å². The summed E-state index contributed by atoms with van der Waals surface area (Å²) in [4.78, 5) is 25.4. The normalized spacial score (nSPS) is 39.8. The number of nitrogens with two attached hydrogens (primary N) is 10. The SMILES string of the molecule is NCC1OC(OC2C(N)CC(N)C(OC3OC(CNCCCCNC(=O)Nc4ccc(Cc5ccc(NC(=O)NCCCCNCC6OC(OC7C(N)CC(N)C(OC8OC(CN)C(O)CC8N)C7O)C(O)C(N)C6O)cc5)cc4)C(O)C(N)C3O)C2O)C(N)CC1O. The summed E-state index contributed by atoms with van der Waals surface area (Å²) >= 11 is 0. The van der Waals surface area contributed by atoms with E-state index in [0.717, 1.165) is 11.1 Å². The van der Waals surface area contributed by atoms with Crippen LogP contribution in [0, 0.1) is 0 Å². The van der Waals surface area contributed by atoms with Crippen LogP contribution in [0.4, 0.5) is 21.0 Å². The molecule has 4 aliphatic heterocycles. The molecule has 6 aliphatic rings. The third-order valence-corrected chi connectivity index (χ3v) is 18.1. The molecule has 0 aromatic heterocycles. The zero-order valence-electron chi connectivity index (χ0n) is 52.2. The lowest BCUT2D eigenvalue weighted by atomic mass is 9.84. The minimum Gasteiger partial charge on any atom is -0.390 e. The highest BCUT2D eigenvalue weighted by atomic mass is 16.7. The van der Waals surface area contributed by atoms with Crippen LogP contribution in [0.2, 0.25) is 0 Å². The molecule has 8 rings (SSSR count). The molecule has 4 amide bonds. The molecule has 2 saturated carbocycles. The summed E-state index contributed by atoms with van der Waals surface area (Å²) in [6.07, 6.45) is -18.7. The molecule has 2 aromatic rings. The van der Waals surface area contributed by atoms with E-state index in [-0.39, 0.29) is 63.9 Å². The van der Waals surface area contributed by atoms with Crippen molar-refractivity contribution in [1.29, 1.82) is 0 Å². The highest BCUT2D eigenvalue weighted by Crippen LogP contribution is 2.34. The molecule has 2 aliphatic carbocycles. The first kappa shape index (κ1) is 74.6. The molecule has 34 N–H and O–H groups in total. The van der Waals surface area contributed by atoms with Gasteiger partial charge in [0.05, 0.1) is 60.8 Å². The van der Waals surface area contributed by atoms with Gasteiger partial charge in [0.15, 0.2) is 25.2 Å². The molecule has 0 radical (unpaired) electrons. The van der Waals surface area contributed by atoms with Gasteiger partial charge in [-0.2, -0.15) is 0 Å². The van der Waals surface area contributed by atoms with Crippen molar-refractivity contribution in [2.45, 2.75) is 229 Å². The second-order valence-electron chi connectivity index (χ2n) is 25.4. The van der Waals surface area contributed by atoms with Gasteiger partial charge in [-0.1, -0.05) is 24.3 Å². The molecule has 0 spiro atoms. The average Bonchev–Trinajstić information content (AvgIpc) is 0.895. The number of aliphatic hydroxyl groups excluding tert-OH is 8. The number of unbranched alkanes of at least 4 members (excludes halogenated alkanes) is 2. The van der Waals surface area contributed by atoms with E-state index in [1.54, 1.807) is 0 Å². The number of anilines is 2. The van der Waals surface area contributed by atoms with E-state index in [4.69, 9.17) is 95.2 Å². The van der Waals surface area contributed by atoms with Crippen LogP contribution < -0.4 is 89.2 Å². The van der Waals surface area contributed by atoms with Gasteiger partial charge >= 0.3 is 12.1 Å². The van der Waals surface area contributed by atoms with E-state index < -0.39 is 171 Å². The van der Waals surface area contributed by atoms with E-state index in [2.05, 4.69) is 31.9 Å². The fraction of sp³-hybridized carbons (Fsp3) is 0.763. The van der Waals surface area contributed by atoms with E-state index in [1.165, 1.54) is 0 Å². The zero-order valence-corrected chi connectivity index (χ0v) is 52.2. The Morgan fingerprint density at radius 1 is 0.409 bits per heavy atom. The number of rotatable bonds is 28. The molecule has 0 bridgehead atoms. The van der Waals surface area contributed by atoms with Gasteiger partial charge < -0.3 is 168 Å². The van der Waals surface area contributed by atoms with Gasteiger partial charge in [0.25, 0.3) is 0 Å². The Kier molecular flexibility index (Phi) is 28.4. The topological polar surface area (TPSA) is 602 Å². The Morgan fingerprint density at radius 2 is 0.731 bits per heavy atom. The third kappa shape index (κ3) is 20.0. The van der Waals surface area contributed by atoms with Crippen LogP contribution in [-0.4, -0.2) is 276 Å². The number of urea groups is 2. The lowest BCUT2D eigenvalue weighted by Crippen LogP contribution is -2.68. The van der Waals surface area contributed by atoms with Crippen LogP contribution in [0.25, 0.3) is 0 Å². The first-order valence-corrected chi connectivity index (χ1v) is 32.3. The van der Waals surface area contributed by atoms with Crippen molar-refractivity contribution in [3.8, 4) is 0 Å². The molecule has 6 fully saturated rings. The van der Waals surface area contributed by atoms with Gasteiger partial charge in [0.2, 0.25) is 0 Å². The van der Waals surface area contributed by atoms with E-state index in [1.807, 2.05) is 48.5 Å². The van der Waals surface area contributed by atoms with Gasteiger partial charge in [-0.15, -0.1) is 0 Å². The molecule has 28 atom stereocenters. The molecule has 2 aromatic carbocycles. The van der Waals surface area contributed by atoms with Gasteiger partial charge in [-0.3, -0.25) is 0 Å². The molecule has 34 heteroatoms. The first-order chi connectivity index (χ1) is 44.4. The molecule has 93 heavy (non-hydrogen) atoms.